The van der Waals surface area contributed by atoms with E-state index in [2.05, 4.69) is 0 Å². The third-order valence-electron chi connectivity index (χ3n) is 5.15. The van der Waals surface area contributed by atoms with Gasteiger partial charge < -0.3 is 24.7 Å². The van der Waals surface area contributed by atoms with Gasteiger partial charge in [-0.25, -0.2) is 14.2 Å². The molecule has 0 aromatic heterocycles. The fourth-order valence-electron chi connectivity index (χ4n) is 3.76. The van der Waals surface area contributed by atoms with Crippen molar-refractivity contribution in [1.82, 2.24) is 14.8 Å². The standard InChI is InChI=1S/C17H21FN4O4/c1-9-8-26-16-13-10(15(23)11(17(24)25)7-22(9)13)6-12(18)14(16)20-2-4-21(19)5-3-20/h7,9,23H,2-6,8,19H2,1H3,(H,24,25)/p-1/t9-/m0/s1. The van der Waals surface area contributed by atoms with Gasteiger partial charge in [-0.05, 0) is 12.5 Å². The van der Waals surface area contributed by atoms with Crippen molar-refractivity contribution >= 4 is 5.97 Å². The van der Waals surface area contributed by atoms with E-state index in [-0.39, 0.29) is 30.2 Å². The molecule has 26 heavy (non-hydrogen) atoms. The Balaban J connectivity index is 1.82. The molecule has 0 amide bonds. The lowest BCUT2D eigenvalue weighted by atomic mass is 9.90. The van der Waals surface area contributed by atoms with Crippen molar-refractivity contribution in [2.24, 2.45) is 5.84 Å². The van der Waals surface area contributed by atoms with E-state index >= 15 is 4.39 Å². The molecule has 0 spiro atoms. The molecule has 0 aromatic carbocycles. The molecule has 0 radical (unpaired) electrons. The minimum Gasteiger partial charge on any atom is -0.872 e. The van der Waals surface area contributed by atoms with Gasteiger partial charge in [0.15, 0.2) is 5.76 Å². The van der Waals surface area contributed by atoms with Crippen LogP contribution in [0.3, 0.4) is 0 Å². The lowest BCUT2D eigenvalue weighted by Gasteiger charge is -2.46. The second-order valence-corrected chi connectivity index (χ2v) is 6.85. The molecule has 1 saturated heterocycles. The molecule has 1 aliphatic carbocycles. The summed E-state index contributed by atoms with van der Waals surface area (Å²) in [6.07, 6.45) is 1.11. The van der Waals surface area contributed by atoms with Gasteiger partial charge in [-0.1, -0.05) is 5.76 Å². The van der Waals surface area contributed by atoms with E-state index in [4.69, 9.17) is 10.6 Å². The summed E-state index contributed by atoms with van der Waals surface area (Å²) in [5.74, 6) is 3.67. The second kappa shape index (κ2) is 6.03. The first-order valence-corrected chi connectivity index (χ1v) is 8.53. The predicted octanol–water partition coefficient (Wildman–Crippen LogP) is -0.409. The quantitative estimate of drug-likeness (QED) is 0.638. The molecule has 0 unspecified atom stereocenters. The minimum atomic E-state index is -1.31. The minimum absolute atomic E-state index is 0.144. The van der Waals surface area contributed by atoms with Crippen molar-refractivity contribution in [3.63, 3.8) is 0 Å². The third kappa shape index (κ3) is 2.46. The van der Waals surface area contributed by atoms with Crippen LogP contribution in [0.4, 0.5) is 4.39 Å². The molecule has 4 aliphatic rings. The van der Waals surface area contributed by atoms with Gasteiger partial charge in [-0.15, -0.1) is 0 Å². The lowest BCUT2D eigenvalue weighted by Crippen LogP contribution is -2.50. The van der Waals surface area contributed by atoms with Crippen molar-refractivity contribution in [2.45, 2.75) is 19.4 Å². The Bertz CT molecular complexity index is 793. The van der Waals surface area contributed by atoms with E-state index in [0.29, 0.717) is 43.3 Å². The van der Waals surface area contributed by atoms with E-state index in [1.807, 2.05) is 11.8 Å². The van der Waals surface area contributed by atoms with Gasteiger partial charge in [0.2, 0.25) is 0 Å². The summed E-state index contributed by atoms with van der Waals surface area (Å²) in [4.78, 5) is 15.0. The Kier molecular flexibility index (Phi) is 3.92. The number of halogens is 1. The SMILES string of the molecule is C[C@H]1COC2=C3C(=C([O-])C(C(=O)O)=CN31)CC(F)=C2N1CCN(N)CC1. The number of aliphatic carboxylic acids is 1. The molecule has 3 aliphatic heterocycles. The predicted molar refractivity (Wildman–Crippen MR) is 87.1 cm³/mol. The normalized spacial score (nSPS) is 26.7. The fourth-order valence-corrected chi connectivity index (χ4v) is 3.76. The first kappa shape index (κ1) is 16.9. The van der Waals surface area contributed by atoms with Gasteiger partial charge in [0.05, 0.1) is 17.3 Å². The highest BCUT2D eigenvalue weighted by molar-refractivity contribution is 5.92. The number of hydrogen-bond donors (Lipinski definition) is 2. The van der Waals surface area contributed by atoms with Crippen molar-refractivity contribution in [2.75, 3.05) is 32.8 Å². The average Bonchev–Trinajstić information content (AvgIpc) is 2.60. The average molecular weight is 363 g/mol. The number of rotatable bonds is 2. The van der Waals surface area contributed by atoms with Crippen LogP contribution in [0.25, 0.3) is 0 Å². The summed E-state index contributed by atoms with van der Waals surface area (Å²) in [5.41, 5.74) is 0.647. The van der Waals surface area contributed by atoms with Gasteiger partial charge in [-0.2, -0.15) is 0 Å². The number of carboxylic acids is 1. The lowest BCUT2D eigenvalue weighted by molar-refractivity contribution is -0.299. The highest BCUT2D eigenvalue weighted by atomic mass is 19.1. The largest absolute Gasteiger partial charge is 0.872 e. The number of hydrazine groups is 1. The number of nitrogens with zero attached hydrogens (tertiary/aromatic N) is 3. The van der Waals surface area contributed by atoms with Crippen LogP contribution in [0.1, 0.15) is 13.3 Å². The molecule has 9 heteroatoms. The molecule has 1 atom stereocenters. The topological polar surface area (TPSA) is 105 Å². The maximum atomic E-state index is 15.0. The highest BCUT2D eigenvalue weighted by Gasteiger charge is 2.40. The van der Waals surface area contributed by atoms with Crippen LogP contribution >= 0.6 is 0 Å². The third-order valence-corrected chi connectivity index (χ3v) is 5.15. The van der Waals surface area contributed by atoms with Crippen LogP contribution in [-0.2, 0) is 9.53 Å². The number of ether oxygens (including phenoxy) is 1. The molecule has 3 N–H and O–H groups in total. The summed E-state index contributed by atoms with van der Waals surface area (Å²) in [6, 6.07) is -0.158. The molecule has 4 rings (SSSR count). The van der Waals surface area contributed by atoms with Gasteiger partial charge in [0.1, 0.15) is 18.1 Å². The maximum Gasteiger partial charge on any atom is 0.336 e. The Morgan fingerprint density at radius 1 is 1.35 bits per heavy atom. The zero-order valence-electron chi connectivity index (χ0n) is 14.4. The molecule has 0 aromatic rings. The van der Waals surface area contributed by atoms with Crippen LogP contribution in [0.2, 0.25) is 0 Å². The Morgan fingerprint density at radius 3 is 2.69 bits per heavy atom. The summed E-state index contributed by atoms with van der Waals surface area (Å²) < 4.78 is 20.8. The summed E-state index contributed by atoms with van der Waals surface area (Å²) in [6.45, 7) is 4.44. The van der Waals surface area contributed by atoms with Gasteiger partial charge in [0, 0.05) is 38.8 Å². The summed E-state index contributed by atoms with van der Waals surface area (Å²) >= 11 is 0. The van der Waals surface area contributed by atoms with Crippen molar-refractivity contribution in [1.29, 1.82) is 0 Å². The molecule has 140 valence electrons. The number of hydrogen-bond acceptors (Lipinski definition) is 7. The van der Waals surface area contributed by atoms with Crippen molar-refractivity contribution in [3.05, 3.63) is 46.1 Å². The summed E-state index contributed by atoms with van der Waals surface area (Å²) in [5, 5.41) is 23.6. The van der Waals surface area contributed by atoms with Crippen LogP contribution in [0, 0.1) is 0 Å². The second-order valence-electron chi connectivity index (χ2n) is 6.85. The van der Waals surface area contributed by atoms with E-state index in [1.54, 1.807) is 9.91 Å². The monoisotopic (exact) mass is 363 g/mol. The number of allylic oxidation sites excluding steroid dienone is 2. The van der Waals surface area contributed by atoms with Crippen LogP contribution in [0.5, 0.6) is 0 Å². The molecule has 8 nitrogen and oxygen atoms in total. The fraction of sp³-hybridized carbons (Fsp3) is 0.471. The zero-order chi connectivity index (χ0) is 18.6. The molecular formula is C17H20FN4O4-. The van der Waals surface area contributed by atoms with E-state index < -0.39 is 17.6 Å². The van der Waals surface area contributed by atoms with E-state index in [9.17, 15) is 15.0 Å². The molecule has 0 bridgehead atoms. The Hall–Kier alpha value is -2.52. The van der Waals surface area contributed by atoms with Crippen LogP contribution in [0.15, 0.2) is 46.1 Å². The van der Waals surface area contributed by atoms with Gasteiger partial charge in [-0.3, -0.25) is 5.84 Å². The smallest absolute Gasteiger partial charge is 0.336 e. The van der Waals surface area contributed by atoms with Crippen molar-refractivity contribution < 1.29 is 24.1 Å². The number of piperazine rings is 1. The van der Waals surface area contributed by atoms with Crippen LogP contribution in [-0.4, -0.2) is 64.7 Å². The number of carbonyl (C=O) groups is 1. The Morgan fingerprint density at radius 2 is 2.04 bits per heavy atom. The summed E-state index contributed by atoms with van der Waals surface area (Å²) in [7, 11) is 0. The first-order valence-electron chi connectivity index (χ1n) is 8.53. The molecular weight excluding hydrogens is 343 g/mol. The number of nitrogens with two attached hydrogens (primary N) is 1. The molecule has 0 saturated carbocycles. The molecule has 3 heterocycles. The molecule has 1 fully saturated rings. The van der Waals surface area contributed by atoms with Crippen molar-refractivity contribution in [3.8, 4) is 0 Å². The zero-order valence-corrected chi connectivity index (χ0v) is 14.4. The number of carboxylic acid groups (broad SMARTS) is 1. The van der Waals surface area contributed by atoms with Crippen LogP contribution < -0.4 is 10.9 Å². The highest BCUT2D eigenvalue weighted by Crippen LogP contribution is 2.45. The van der Waals surface area contributed by atoms with Gasteiger partial charge >= 0.3 is 5.97 Å². The maximum absolute atomic E-state index is 15.0. The first-order chi connectivity index (χ1) is 12.4. The van der Waals surface area contributed by atoms with E-state index in [1.165, 1.54) is 6.20 Å². The Labute approximate surface area is 149 Å². The van der Waals surface area contributed by atoms with E-state index in [0.717, 1.165) is 0 Å². The van der Waals surface area contributed by atoms with Gasteiger partial charge in [0.25, 0.3) is 0 Å².